The lowest BCUT2D eigenvalue weighted by Crippen LogP contribution is -2.42. The average molecular weight is 263 g/mol. The number of carbonyl (C=O) groups is 1. The highest BCUT2D eigenvalue weighted by Crippen LogP contribution is 2.38. The van der Waals surface area contributed by atoms with Gasteiger partial charge in [0.2, 0.25) is 5.91 Å². The van der Waals surface area contributed by atoms with E-state index in [1.54, 1.807) is 0 Å². The van der Waals surface area contributed by atoms with Gasteiger partial charge in [0.25, 0.3) is 0 Å². The van der Waals surface area contributed by atoms with E-state index in [-0.39, 0.29) is 11.9 Å². The number of rotatable bonds is 3. The van der Waals surface area contributed by atoms with Crippen molar-refractivity contribution in [2.24, 2.45) is 11.8 Å². The molecule has 0 aromatic rings. The third-order valence-electron chi connectivity index (χ3n) is 3.72. The summed E-state index contributed by atoms with van der Waals surface area (Å²) in [6.45, 7) is 17.3. The van der Waals surface area contributed by atoms with Gasteiger partial charge in [0, 0.05) is 18.2 Å². The van der Waals surface area contributed by atoms with Crippen molar-refractivity contribution >= 4 is 5.91 Å². The van der Waals surface area contributed by atoms with Crippen molar-refractivity contribution in [2.75, 3.05) is 0 Å². The lowest BCUT2D eigenvalue weighted by atomic mass is 9.81. The van der Waals surface area contributed by atoms with Gasteiger partial charge in [0.1, 0.15) is 0 Å². The molecule has 0 spiro atoms. The van der Waals surface area contributed by atoms with Gasteiger partial charge in [-0.05, 0) is 45.1 Å². The molecule has 1 aliphatic rings. The van der Waals surface area contributed by atoms with E-state index in [2.05, 4.69) is 55.4 Å². The first kappa shape index (κ1) is 16.0. The molecule has 1 rings (SSSR count). The number of nitrogens with zero attached hydrogens (tertiary/aromatic N) is 1. The molecule has 0 aromatic heterocycles. The standard InChI is InChI=1S/C17H29NO/c1-10(2)14-9-15(19)18(13(7)8)17(12(5)6)16(14)11(3)4/h10-11,13H,9H2,1-8H3. The highest BCUT2D eigenvalue weighted by molar-refractivity contribution is 5.85. The second-order valence-electron chi connectivity index (χ2n) is 6.63. The monoisotopic (exact) mass is 263 g/mol. The van der Waals surface area contributed by atoms with Crippen LogP contribution in [-0.4, -0.2) is 16.8 Å². The fraction of sp³-hybridized carbons (Fsp3) is 0.706. The molecule has 1 aliphatic heterocycles. The molecule has 19 heavy (non-hydrogen) atoms. The summed E-state index contributed by atoms with van der Waals surface area (Å²) in [6, 6.07) is 0.222. The summed E-state index contributed by atoms with van der Waals surface area (Å²) in [4.78, 5) is 14.5. The Hall–Kier alpha value is -1.05. The van der Waals surface area contributed by atoms with Crippen LogP contribution in [0.15, 0.2) is 22.4 Å². The Morgan fingerprint density at radius 2 is 1.53 bits per heavy atom. The van der Waals surface area contributed by atoms with Crippen LogP contribution >= 0.6 is 0 Å². The molecule has 0 unspecified atom stereocenters. The highest BCUT2D eigenvalue weighted by Gasteiger charge is 2.34. The van der Waals surface area contributed by atoms with Gasteiger partial charge < -0.3 is 4.90 Å². The largest absolute Gasteiger partial charge is 0.309 e. The summed E-state index contributed by atoms with van der Waals surface area (Å²) in [5, 5.41) is 0. The summed E-state index contributed by atoms with van der Waals surface area (Å²) in [6.07, 6.45) is 0.583. The first-order valence-electron chi connectivity index (χ1n) is 7.41. The maximum Gasteiger partial charge on any atom is 0.231 e. The van der Waals surface area contributed by atoms with Gasteiger partial charge in [-0.1, -0.05) is 38.8 Å². The maximum absolute atomic E-state index is 12.5. The Labute approximate surface area is 118 Å². The molecule has 1 amide bonds. The number of allylic oxidation sites excluding steroid dienone is 2. The first-order valence-corrected chi connectivity index (χ1v) is 7.41. The zero-order valence-corrected chi connectivity index (χ0v) is 13.8. The van der Waals surface area contributed by atoms with Crippen LogP contribution in [0, 0.1) is 11.8 Å². The van der Waals surface area contributed by atoms with Crippen molar-refractivity contribution < 1.29 is 4.79 Å². The lowest BCUT2D eigenvalue weighted by molar-refractivity contribution is -0.130. The minimum absolute atomic E-state index is 0.222. The third-order valence-corrected chi connectivity index (χ3v) is 3.72. The van der Waals surface area contributed by atoms with Gasteiger partial charge in [0.05, 0.1) is 0 Å². The van der Waals surface area contributed by atoms with E-state index >= 15 is 0 Å². The molecular weight excluding hydrogens is 234 g/mol. The van der Waals surface area contributed by atoms with Crippen molar-refractivity contribution in [1.82, 2.24) is 4.90 Å². The number of carbonyl (C=O) groups excluding carboxylic acids is 1. The summed E-state index contributed by atoms with van der Waals surface area (Å²) in [5.74, 6) is 1.14. The normalized spacial score (nSPS) is 17.3. The molecule has 0 N–H and O–H groups in total. The average Bonchev–Trinajstić information content (AvgIpc) is 2.25. The van der Waals surface area contributed by atoms with Crippen molar-refractivity contribution in [3.8, 4) is 0 Å². The Balaban J connectivity index is 3.55. The van der Waals surface area contributed by atoms with Gasteiger partial charge in [-0.15, -0.1) is 0 Å². The fourth-order valence-corrected chi connectivity index (χ4v) is 2.97. The highest BCUT2D eigenvalue weighted by atomic mass is 16.2. The van der Waals surface area contributed by atoms with Crippen molar-refractivity contribution in [3.05, 3.63) is 22.4 Å². The van der Waals surface area contributed by atoms with Gasteiger partial charge in [-0.3, -0.25) is 4.79 Å². The van der Waals surface area contributed by atoms with Crippen LogP contribution in [0.5, 0.6) is 0 Å². The first-order chi connectivity index (χ1) is 8.68. The van der Waals surface area contributed by atoms with Crippen molar-refractivity contribution in [1.29, 1.82) is 0 Å². The SMILES string of the molecule is CC(C)=C1C(C(C)C)=C(C(C)C)CC(=O)N1C(C)C. The van der Waals surface area contributed by atoms with Crippen LogP contribution in [0.1, 0.15) is 61.8 Å². The summed E-state index contributed by atoms with van der Waals surface area (Å²) in [5.41, 5.74) is 5.13. The van der Waals surface area contributed by atoms with Crippen LogP contribution in [0.4, 0.5) is 0 Å². The van der Waals surface area contributed by atoms with Crippen LogP contribution in [0.2, 0.25) is 0 Å². The summed E-state index contributed by atoms with van der Waals surface area (Å²) >= 11 is 0. The number of hydrogen-bond donors (Lipinski definition) is 0. The van der Waals surface area contributed by atoms with Gasteiger partial charge in [-0.2, -0.15) is 0 Å². The van der Waals surface area contributed by atoms with Crippen molar-refractivity contribution in [3.63, 3.8) is 0 Å². The van der Waals surface area contributed by atoms with Gasteiger partial charge in [-0.25, -0.2) is 0 Å². The number of hydrogen-bond acceptors (Lipinski definition) is 1. The van der Waals surface area contributed by atoms with E-state index in [1.807, 2.05) is 4.90 Å². The molecule has 0 radical (unpaired) electrons. The Morgan fingerprint density at radius 1 is 1.00 bits per heavy atom. The van der Waals surface area contributed by atoms with Crippen LogP contribution in [-0.2, 0) is 4.79 Å². The van der Waals surface area contributed by atoms with E-state index in [4.69, 9.17) is 0 Å². The zero-order chi connectivity index (χ0) is 14.9. The van der Waals surface area contributed by atoms with E-state index < -0.39 is 0 Å². The molecule has 0 saturated heterocycles. The summed E-state index contributed by atoms with van der Waals surface area (Å²) < 4.78 is 0. The molecule has 2 nitrogen and oxygen atoms in total. The Morgan fingerprint density at radius 3 is 1.84 bits per heavy atom. The zero-order valence-electron chi connectivity index (χ0n) is 13.8. The van der Waals surface area contributed by atoms with Gasteiger partial charge in [0.15, 0.2) is 0 Å². The smallest absolute Gasteiger partial charge is 0.231 e. The van der Waals surface area contributed by atoms with Crippen LogP contribution in [0.25, 0.3) is 0 Å². The second-order valence-corrected chi connectivity index (χ2v) is 6.63. The van der Waals surface area contributed by atoms with Gasteiger partial charge >= 0.3 is 0 Å². The van der Waals surface area contributed by atoms with Crippen LogP contribution in [0.3, 0.4) is 0 Å². The van der Waals surface area contributed by atoms with E-state index in [0.717, 1.165) is 0 Å². The molecule has 0 saturated carbocycles. The molecule has 1 heterocycles. The predicted octanol–water partition coefficient (Wildman–Crippen LogP) is 4.53. The molecule has 0 fully saturated rings. The molecule has 0 bridgehead atoms. The lowest BCUT2D eigenvalue weighted by Gasteiger charge is -2.39. The Kier molecular flexibility index (Phi) is 5.00. The van der Waals surface area contributed by atoms with E-state index in [0.29, 0.717) is 18.3 Å². The molecule has 0 atom stereocenters. The molecule has 2 heteroatoms. The van der Waals surface area contributed by atoms with Crippen LogP contribution < -0.4 is 0 Å². The molecule has 0 aliphatic carbocycles. The maximum atomic E-state index is 12.5. The molecule has 108 valence electrons. The van der Waals surface area contributed by atoms with Crippen molar-refractivity contribution in [2.45, 2.75) is 67.9 Å². The fourth-order valence-electron chi connectivity index (χ4n) is 2.97. The van der Waals surface area contributed by atoms with E-state index in [9.17, 15) is 4.79 Å². The molecular formula is C17H29NO. The Bertz CT molecular complexity index is 421. The molecule has 0 aromatic carbocycles. The number of amides is 1. The predicted molar refractivity (Wildman–Crippen MR) is 81.7 cm³/mol. The minimum Gasteiger partial charge on any atom is -0.309 e. The summed E-state index contributed by atoms with van der Waals surface area (Å²) in [7, 11) is 0. The minimum atomic E-state index is 0.222. The third kappa shape index (κ3) is 3.10. The topological polar surface area (TPSA) is 20.3 Å². The van der Waals surface area contributed by atoms with E-state index in [1.165, 1.54) is 22.4 Å². The quantitative estimate of drug-likeness (QED) is 0.732. The second kappa shape index (κ2) is 5.94.